The van der Waals surface area contributed by atoms with Crippen LogP contribution in [0.2, 0.25) is 0 Å². The van der Waals surface area contributed by atoms with E-state index in [1.165, 1.54) is 0 Å². The van der Waals surface area contributed by atoms with Gasteiger partial charge in [0.1, 0.15) is 12.5 Å². The first-order chi connectivity index (χ1) is 6.85. The smallest absolute Gasteiger partial charge is 0.123 e. The van der Waals surface area contributed by atoms with Crippen LogP contribution in [-0.4, -0.2) is 23.8 Å². The van der Waals surface area contributed by atoms with Gasteiger partial charge in [-0.05, 0) is 12.1 Å². The van der Waals surface area contributed by atoms with E-state index in [0.717, 1.165) is 16.8 Å². The van der Waals surface area contributed by atoms with Gasteiger partial charge in [-0.3, -0.25) is 0 Å². The summed E-state index contributed by atoms with van der Waals surface area (Å²) in [6.45, 7) is 0.517. The molecule has 0 radical (unpaired) electrons. The topological polar surface area (TPSA) is 36.3 Å². The van der Waals surface area contributed by atoms with E-state index in [1.807, 2.05) is 22.8 Å². The molecular weight excluding hydrogens is 180 g/mol. The van der Waals surface area contributed by atoms with Crippen molar-refractivity contribution in [2.24, 2.45) is 0 Å². The van der Waals surface area contributed by atoms with Crippen molar-refractivity contribution in [1.82, 2.24) is 9.55 Å². The van der Waals surface area contributed by atoms with Crippen molar-refractivity contribution in [3.05, 3.63) is 24.5 Å². The van der Waals surface area contributed by atoms with Gasteiger partial charge in [-0.15, -0.1) is 0 Å². The Bertz CT molecular complexity index is 437. The molecule has 0 saturated heterocycles. The molecule has 0 aliphatic rings. The summed E-state index contributed by atoms with van der Waals surface area (Å²) < 4.78 is 12.1. The predicted octanol–water partition coefficient (Wildman–Crippen LogP) is 1.65. The monoisotopic (exact) mass is 192 g/mol. The van der Waals surface area contributed by atoms with E-state index in [9.17, 15) is 0 Å². The maximum absolute atomic E-state index is 5.11. The molecule has 0 unspecified atom stereocenters. The second-order valence-electron chi connectivity index (χ2n) is 2.99. The molecule has 1 aromatic carbocycles. The van der Waals surface area contributed by atoms with Crippen LogP contribution in [0.5, 0.6) is 5.75 Å². The van der Waals surface area contributed by atoms with Crippen molar-refractivity contribution < 1.29 is 9.47 Å². The maximum Gasteiger partial charge on any atom is 0.123 e. The minimum absolute atomic E-state index is 0.517. The largest absolute Gasteiger partial charge is 0.497 e. The van der Waals surface area contributed by atoms with Crippen LogP contribution in [-0.2, 0) is 11.5 Å². The Kier molecular flexibility index (Phi) is 2.37. The van der Waals surface area contributed by atoms with Crippen LogP contribution in [0.25, 0.3) is 11.0 Å². The fourth-order valence-corrected chi connectivity index (χ4v) is 1.41. The molecule has 4 nitrogen and oxygen atoms in total. The zero-order valence-corrected chi connectivity index (χ0v) is 8.23. The average Bonchev–Trinajstić information content (AvgIpc) is 2.61. The Hall–Kier alpha value is -1.55. The number of fused-ring (bicyclic) bond motifs is 1. The van der Waals surface area contributed by atoms with Crippen LogP contribution in [0.4, 0.5) is 0 Å². The van der Waals surface area contributed by atoms with E-state index in [-0.39, 0.29) is 0 Å². The van der Waals surface area contributed by atoms with Gasteiger partial charge in [-0.25, -0.2) is 4.98 Å². The standard InChI is InChI=1S/C10H12N2O2/c1-13-7-12-6-11-9-5-8(14-2)3-4-10(9)12/h3-6H,7H2,1-2H3. The van der Waals surface area contributed by atoms with Crippen LogP contribution >= 0.6 is 0 Å². The third-order valence-electron chi connectivity index (χ3n) is 2.10. The number of ether oxygens (including phenoxy) is 2. The molecule has 4 heteroatoms. The average molecular weight is 192 g/mol. The molecule has 0 N–H and O–H groups in total. The normalized spacial score (nSPS) is 10.7. The molecule has 2 rings (SSSR count). The van der Waals surface area contributed by atoms with Gasteiger partial charge in [0, 0.05) is 13.2 Å². The summed E-state index contributed by atoms with van der Waals surface area (Å²) in [5.41, 5.74) is 1.97. The molecule has 0 aliphatic carbocycles. The molecule has 0 spiro atoms. The van der Waals surface area contributed by atoms with Crippen molar-refractivity contribution >= 4 is 11.0 Å². The summed E-state index contributed by atoms with van der Waals surface area (Å²) >= 11 is 0. The lowest BCUT2D eigenvalue weighted by molar-refractivity contribution is 0.134. The maximum atomic E-state index is 5.11. The van der Waals surface area contributed by atoms with Gasteiger partial charge in [-0.1, -0.05) is 0 Å². The van der Waals surface area contributed by atoms with Gasteiger partial charge < -0.3 is 14.0 Å². The quantitative estimate of drug-likeness (QED) is 0.741. The predicted molar refractivity (Wildman–Crippen MR) is 53.3 cm³/mol. The third-order valence-corrected chi connectivity index (χ3v) is 2.10. The number of nitrogens with zero attached hydrogens (tertiary/aromatic N) is 2. The molecule has 14 heavy (non-hydrogen) atoms. The molecule has 0 saturated carbocycles. The van der Waals surface area contributed by atoms with Gasteiger partial charge in [0.2, 0.25) is 0 Å². The zero-order chi connectivity index (χ0) is 9.97. The summed E-state index contributed by atoms with van der Waals surface area (Å²) in [6.07, 6.45) is 1.76. The van der Waals surface area contributed by atoms with E-state index < -0.39 is 0 Å². The Morgan fingerprint density at radius 1 is 1.36 bits per heavy atom. The minimum atomic E-state index is 0.517. The molecule has 1 heterocycles. The summed E-state index contributed by atoms with van der Waals surface area (Å²) in [5, 5.41) is 0. The molecule has 0 amide bonds. The highest BCUT2D eigenvalue weighted by atomic mass is 16.5. The van der Waals surface area contributed by atoms with E-state index in [0.29, 0.717) is 6.73 Å². The molecule has 0 bridgehead atoms. The van der Waals surface area contributed by atoms with Gasteiger partial charge >= 0.3 is 0 Å². The number of benzene rings is 1. The first-order valence-electron chi connectivity index (χ1n) is 4.33. The van der Waals surface area contributed by atoms with Crippen LogP contribution in [0.3, 0.4) is 0 Å². The number of methoxy groups -OCH3 is 2. The van der Waals surface area contributed by atoms with E-state index in [4.69, 9.17) is 9.47 Å². The van der Waals surface area contributed by atoms with Crippen molar-refractivity contribution in [3.63, 3.8) is 0 Å². The minimum Gasteiger partial charge on any atom is -0.497 e. The van der Waals surface area contributed by atoms with E-state index in [1.54, 1.807) is 20.5 Å². The summed E-state index contributed by atoms with van der Waals surface area (Å²) in [5.74, 6) is 0.820. The number of rotatable bonds is 3. The van der Waals surface area contributed by atoms with Gasteiger partial charge in [0.15, 0.2) is 0 Å². The van der Waals surface area contributed by atoms with Crippen LogP contribution in [0, 0.1) is 0 Å². The lowest BCUT2D eigenvalue weighted by Gasteiger charge is -2.02. The summed E-state index contributed by atoms with van der Waals surface area (Å²) in [4.78, 5) is 4.25. The lowest BCUT2D eigenvalue weighted by Crippen LogP contribution is -1.97. The van der Waals surface area contributed by atoms with Crippen LogP contribution in [0.15, 0.2) is 24.5 Å². The highest BCUT2D eigenvalue weighted by Crippen LogP contribution is 2.19. The second-order valence-corrected chi connectivity index (χ2v) is 2.99. The fourth-order valence-electron chi connectivity index (χ4n) is 1.41. The molecule has 2 aromatic rings. The van der Waals surface area contributed by atoms with Gasteiger partial charge in [0.05, 0.1) is 24.5 Å². The van der Waals surface area contributed by atoms with E-state index >= 15 is 0 Å². The number of hydrogen-bond acceptors (Lipinski definition) is 3. The summed E-state index contributed by atoms with van der Waals surface area (Å²) in [7, 11) is 3.31. The summed E-state index contributed by atoms with van der Waals surface area (Å²) in [6, 6.07) is 5.79. The van der Waals surface area contributed by atoms with Crippen molar-refractivity contribution in [1.29, 1.82) is 0 Å². The third kappa shape index (κ3) is 1.44. The Balaban J connectivity index is 2.48. The molecule has 0 atom stereocenters. The Morgan fingerprint density at radius 2 is 2.21 bits per heavy atom. The number of aromatic nitrogens is 2. The van der Waals surface area contributed by atoms with Crippen molar-refractivity contribution in [2.45, 2.75) is 6.73 Å². The van der Waals surface area contributed by atoms with Gasteiger partial charge in [0.25, 0.3) is 0 Å². The lowest BCUT2D eigenvalue weighted by atomic mass is 10.3. The molecule has 0 aliphatic heterocycles. The first-order valence-corrected chi connectivity index (χ1v) is 4.33. The molecular formula is C10H12N2O2. The number of imidazole rings is 1. The van der Waals surface area contributed by atoms with Crippen LogP contribution in [0.1, 0.15) is 0 Å². The van der Waals surface area contributed by atoms with Crippen molar-refractivity contribution in [2.75, 3.05) is 14.2 Å². The first kappa shape index (κ1) is 9.02. The molecule has 0 fully saturated rings. The molecule has 74 valence electrons. The molecule has 1 aromatic heterocycles. The highest BCUT2D eigenvalue weighted by Gasteiger charge is 2.02. The zero-order valence-electron chi connectivity index (χ0n) is 8.23. The number of hydrogen-bond donors (Lipinski definition) is 0. The van der Waals surface area contributed by atoms with E-state index in [2.05, 4.69) is 4.98 Å². The van der Waals surface area contributed by atoms with Crippen LogP contribution < -0.4 is 4.74 Å². The second kappa shape index (κ2) is 3.67. The fraction of sp³-hybridized carbons (Fsp3) is 0.300. The van der Waals surface area contributed by atoms with Gasteiger partial charge in [-0.2, -0.15) is 0 Å². The highest BCUT2D eigenvalue weighted by molar-refractivity contribution is 5.76. The Morgan fingerprint density at radius 3 is 2.93 bits per heavy atom. The SMILES string of the molecule is COCn1cnc2cc(OC)ccc21. The van der Waals surface area contributed by atoms with Crippen molar-refractivity contribution in [3.8, 4) is 5.75 Å². The Labute approximate surface area is 82.1 Å².